The van der Waals surface area contributed by atoms with Gasteiger partial charge in [-0.25, -0.2) is 14.4 Å². The Morgan fingerprint density at radius 2 is 1.59 bits per heavy atom. The van der Waals surface area contributed by atoms with Gasteiger partial charge < -0.3 is 19.3 Å². The summed E-state index contributed by atoms with van der Waals surface area (Å²) in [5, 5.41) is 8.35. The number of rotatable bonds is 1. The molecule has 17 heavy (non-hydrogen) atoms. The quantitative estimate of drug-likeness (QED) is 0.488. The summed E-state index contributed by atoms with van der Waals surface area (Å²) >= 11 is 0. The molecule has 1 aliphatic rings. The van der Waals surface area contributed by atoms with Crippen LogP contribution in [0, 0.1) is 0 Å². The molecule has 1 N–H and O–H groups in total. The lowest BCUT2D eigenvalue weighted by atomic mass is 10.3. The highest BCUT2D eigenvalue weighted by Gasteiger charge is 2.32. The molecule has 0 amide bonds. The summed E-state index contributed by atoms with van der Waals surface area (Å²) < 4.78 is 13.3. The van der Waals surface area contributed by atoms with E-state index in [1.165, 1.54) is 27.9 Å². The zero-order valence-corrected chi connectivity index (χ0v) is 10.1. The second-order valence-corrected chi connectivity index (χ2v) is 3.36. The lowest BCUT2D eigenvalue weighted by Crippen LogP contribution is -2.40. The molecule has 1 aliphatic heterocycles. The van der Waals surface area contributed by atoms with Crippen LogP contribution in [0.1, 0.15) is 20.8 Å². The third-order valence-corrected chi connectivity index (χ3v) is 1.79. The average Bonchev–Trinajstić information content (AvgIpc) is 2.26. The van der Waals surface area contributed by atoms with Gasteiger partial charge in [0.2, 0.25) is 0 Å². The Balaban J connectivity index is 0.000000325. The minimum atomic E-state index is -0.995. The molecule has 0 aliphatic carbocycles. The van der Waals surface area contributed by atoms with Crippen LogP contribution in [0.3, 0.4) is 0 Å². The Labute approximate surface area is 98.6 Å². The smallest absolute Gasteiger partial charge is 0.347 e. The van der Waals surface area contributed by atoms with Crippen LogP contribution in [0.25, 0.3) is 0 Å². The van der Waals surface area contributed by atoms with E-state index < -0.39 is 36.2 Å². The topological polar surface area (TPSA) is 99.1 Å². The Hall–Kier alpha value is -1.63. The first-order valence-electron chi connectivity index (χ1n) is 4.96. The zero-order valence-electron chi connectivity index (χ0n) is 10.1. The molecule has 7 heteroatoms. The van der Waals surface area contributed by atoms with Crippen molar-refractivity contribution in [1.82, 2.24) is 0 Å². The molecule has 0 aromatic carbocycles. The molecule has 0 saturated carbocycles. The van der Waals surface area contributed by atoms with Crippen LogP contribution in [0.2, 0.25) is 0 Å². The van der Waals surface area contributed by atoms with Crippen molar-refractivity contribution in [2.45, 2.75) is 39.1 Å². The van der Waals surface area contributed by atoms with Crippen LogP contribution >= 0.6 is 0 Å². The molecule has 0 aromatic rings. The van der Waals surface area contributed by atoms with E-state index >= 15 is 0 Å². The van der Waals surface area contributed by atoms with Crippen molar-refractivity contribution >= 4 is 17.9 Å². The van der Waals surface area contributed by atoms with Gasteiger partial charge in [0.05, 0.1) is 7.11 Å². The third-order valence-electron chi connectivity index (χ3n) is 1.79. The number of carbonyl (C=O) groups excluding carboxylic acids is 3. The molecule has 1 saturated heterocycles. The van der Waals surface area contributed by atoms with Crippen molar-refractivity contribution in [2.24, 2.45) is 0 Å². The average molecular weight is 248 g/mol. The summed E-state index contributed by atoms with van der Waals surface area (Å²) in [5.41, 5.74) is 0. The van der Waals surface area contributed by atoms with Gasteiger partial charge in [-0.3, -0.25) is 0 Å². The highest BCUT2D eigenvalue weighted by Crippen LogP contribution is 2.08. The van der Waals surface area contributed by atoms with E-state index in [0.29, 0.717) is 0 Å². The van der Waals surface area contributed by atoms with E-state index in [2.05, 4.69) is 14.2 Å². The van der Waals surface area contributed by atoms with E-state index in [1.54, 1.807) is 0 Å². The van der Waals surface area contributed by atoms with Crippen LogP contribution in [-0.2, 0) is 28.6 Å². The normalized spacial score (nSPS) is 24.8. The lowest BCUT2D eigenvalue weighted by Gasteiger charge is -2.22. The number of aliphatic hydroxyl groups excluding tert-OH is 1. The summed E-state index contributed by atoms with van der Waals surface area (Å²) in [4.78, 5) is 31.3. The number of cyclic esters (lactones) is 2. The number of methoxy groups -OCH3 is 1. The largest absolute Gasteiger partial charge is 0.467 e. The second kappa shape index (κ2) is 6.85. The van der Waals surface area contributed by atoms with E-state index in [1.807, 2.05) is 0 Å². The minimum absolute atomic E-state index is 0.480. The molecule has 3 atom stereocenters. The van der Waals surface area contributed by atoms with Crippen molar-refractivity contribution < 1.29 is 33.7 Å². The number of carbonyl (C=O) groups is 3. The van der Waals surface area contributed by atoms with Gasteiger partial charge in [-0.15, -0.1) is 0 Å². The molecule has 0 spiro atoms. The standard InChI is InChI=1S/C6H8O4.C4H8O3/c1-3-5(7)10-4(2)6(8)9-3;1-3(5)4(6)7-2/h3-4H,1-2H3;3,5H,1-2H3/t3-,4-;3-/m00/s1. The monoisotopic (exact) mass is 248 g/mol. The zero-order chi connectivity index (χ0) is 13.6. The fourth-order valence-electron chi connectivity index (χ4n) is 0.807. The maximum absolute atomic E-state index is 10.7. The van der Waals surface area contributed by atoms with Gasteiger partial charge in [0.25, 0.3) is 0 Å². The summed E-state index contributed by atoms with van der Waals surface area (Å²) in [7, 11) is 1.23. The Bertz CT molecular complexity index is 277. The molecule has 1 heterocycles. The molecule has 0 radical (unpaired) electrons. The van der Waals surface area contributed by atoms with Gasteiger partial charge in [0, 0.05) is 0 Å². The predicted molar refractivity (Wildman–Crippen MR) is 54.8 cm³/mol. The van der Waals surface area contributed by atoms with Crippen molar-refractivity contribution in [3.63, 3.8) is 0 Å². The van der Waals surface area contributed by atoms with Gasteiger partial charge in [-0.2, -0.15) is 0 Å². The highest BCUT2D eigenvalue weighted by atomic mass is 16.6. The Morgan fingerprint density at radius 1 is 1.24 bits per heavy atom. The molecule has 1 fully saturated rings. The minimum Gasteiger partial charge on any atom is -0.467 e. The van der Waals surface area contributed by atoms with E-state index in [4.69, 9.17) is 5.11 Å². The van der Waals surface area contributed by atoms with Gasteiger partial charge >= 0.3 is 17.9 Å². The first kappa shape index (κ1) is 15.4. The number of hydrogen-bond acceptors (Lipinski definition) is 7. The second-order valence-electron chi connectivity index (χ2n) is 3.36. The van der Waals surface area contributed by atoms with Crippen LogP contribution < -0.4 is 0 Å². The van der Waals surface area contributed by atoms with Crippen molar-refractivity contribution in [2.75, 3.05) is 7.11 Å². The van der Waals surface area contributed by atoms with E-state index in [9.17, 15) is 14.4 Å². The first-order valence-corrected chi connectivity index (χ1v) is 4.96. The number of aliphatic hydroxyl groups is 1. The van der Waals surface area contributed by atoms with Crippen molar-refractivity contribution in [3.05, 3.63) is 0 Å². The van der Waals surface area contributed by atoms with E-state index in [0.717, 1.165) is 0 Å². The number of hydrogen-bond donors (Lipinski definition) is 1. The number of ether oxygens (including phenoxy) is 3. The molecule has 0 aromatic heterocycles. The Kier molecular flexibility index (Phi) is 6.19. The summed E-state index contributed by atoms with van der Waals surface area (Å²) in [6.45, 7) is 4.31. The fraction of sp³-hybridized carbons (Fsp3) is 0.700. The maximum atomic E-state index is 10.7. The van der Waals surface area contributed by atoms with Crippen LogP contribution in [0.5, 0.6) is 0 Å². The van der Waals surface area contributed by atoms with Crippen LogP contribution in [0.15, 0.2) is 0 Å². The van der Waals surface area contributed by atoms with Gasteiger partial charge in [-0.05, 0) is 20.8 Å². The third kappa shape index (κ3) is 5.30. The number of esters is 3. The predicted octanol–water partition coefficient (Wildman–Crippen LogP) is -0.596. The van der Waals surface area contributed by atoms with E-state index in [-0.39, 0.29) is 0 Å². The van der Waals surface area contributed by atoms with Gasteiger partial charge in [0.15, 0.2) is 12.2 Å². The Morgan fingerprint density at radius 3 is 1.76 bits per heavy atom. The first-order chi connectivity index (χ1) is 7.79. The highest BCUT2D eigenvalue weighted by molar-refractivity contribution is 5.86. The molecular formula is C10H16O7. The molecule has 0 unspecified atom stereocenters. The molecular weight excluding hydrogens is 232 g/mol. The van der Waals surface area contributed by atoms with Gasteiger partial charge in [0.1, 0.15) is 6.10 Å². The molecule has 7 nitrogen and oxygen atoms in total. The molecule has 98 valence electrons. The van der Waals surface area contributed by atoms with Crippen LogP contribution in [-0.4, -0.2) is 48.4 Å². The maximum Gasteiger partial charge on any atom is 0.347 e. The SMILES string of the molecule is COC(=O)[C@H](C)O.C[C@@H]1OC(=O)[C@H](C)OC1=O. The summed E-state index contributed by atoms with van der Waals surface area (Å²) in [5.74, 6) is -1.56. The fourth-order valence-corrected chi connectivity index (χ4v) is 0.807. The van der Waals surface area contributed by atoms with Crippen LogP contribution in [0.4, 0.5) is 0 Å². The van der Waals surface area contributed by atoms with Crippen molar-refractivity contribution in [1.29, 1.82) is 0 Å². The van der Waals surface area contributed by atoms with Gasteiger partial charge in [-0.1, -0.05) is 0 Å². The summed E-state index contributed by atoms with van der Waals surface area (Å²) in [6, 6.07) is 0. The lowest BCUT2D eigenvalue weighted by molar-refractivity contribution is -0.191. The summed E-state index contributed by atoms with van der Waals surface area (Å²) in [6.07, 6.45) is -2.49. The molecule has 0 bridgehead atoms. The van der Waals surface area contributed by atoms with Crippen molar-refractivity contribution in [3.8, 4) is 0 Å². The molecule has 1 rings (SSSR count).